The summed E-state index contributed by atoms with van der Waals surface area (Å²) in [5, 5.41) is 9.30. The van der Waals surface area contributed by atoms with Crippen LogP contribution in [0.2, 0.25) is 0 Å². The molecule has 1 aliphatic rings. The number of ether oxygens (including phenoxy) is 2. The zero-order valence-electron chi connectivity index (χ0n) is 12.4. The van der Waals surface area contributed by atoms with Crippen LogP contribution in [-0.2, 0) is 14.3 Å². The number of nitrogens with one attached hydrogen (secondary N) is 2. The largest absolute Gasteiger partial charge is 0.508 e. The third kappa shape index (κ3) is 4.71. The Morgan fingerprint density at radius 3 is 2.95 bits per heavy atom. The molecule has 0 radical (unpaired) electrons. The Morgan fingerprint density at radius 1 is 1.45 bits per heavy atom. The van der Waals surface area contributed by atoms with Crippen LogP contribution in [-0.4, -0.2) is 42.3 Å². The van der Waals surface area contributed by atoms with Crippen molar-refractivity contribution >= 4 is 11.8 Å². The molecule has 1 fully saturated rings. The molecule has 2 amide bonds. The van der Waals surface area contributed by atoms with Crippen molar-refractivity contribution in [3.63, 3.8) is 0 Å². The number of carbonyl (C=O) groups is 2. The quantitative estimate of drug-likeness (QED) is 0.697. The summed E-state index contributed by atoms with van der Waals surface area (Å²) in [6, 6.07) is 5.83. The topological polar surface area (TPSA) is 96.9 Å². The van der Waals surface area contributed by atoms with Gasteiger partial charge in [-0.15, -0.1) is 0 Å². The van der Waals surface area contributed by atoms with Gasteiger partial charge in [0.15, 0.2) is 0 Å². The summed E-state index contributed by atoms with van der Waals surface area (Å²) >= 11 is 0. The molecule has 7 nitrogen and oxygen atoms in total. The minimum atomic E-state index is -0.700. The van der Waals surface area contributed by atoms with E-state index in [1.54, 1.807) is 13.0 Å². The van der Waals surface area contributed by atoms with Crippen LogP contribution in [0.15, 0.2) is 24.3 Å². The van der Waals surface area contributed by atoms with Crippen LogP contribution in [0.4, 0.5) is 0 Å². The van der Waals surface area contributed by atoms with Gasteiger partial charge < -0.3 is 14.6 Å². The molecule has 0 bridgehead atoms. The molecule has 1 aromatic carbocycles. The highest BCUT2D eigenvalue weighted by Gasteiger charge is 2.20. The zero-order chi connectivity index (χ0) is 15.9. The van der Waals surface area contributed by atoms with Crippen LogP contribution >= 0.6 is 0 Å². The normalized spacial score (nSPS) is 18.7. The number of hydrogen-bond donors (Lipinski definition) is 3. The lowest BCUT2D eigenvalue weighted by atomic mass is 10.2. The molecule has 120 valence electrons. The number of carbonyl (C=O) groups excluding carboxylic acids is 2. The zero-order valence-corrected chi connectivity index (χ0v) is 12.4. The molecule has 0 saturated carbocycles. The fourth-order valence-corrected chi connectivity index (χ4v) is 2.04. The van der Waals surface area contributed by atoms with E-state index >= 15 is 0 Å². The molecular formula is C15H20N2O5. The lowest BCUT2D eigenvalue weighted by Crippen LogP contribution is -2.46. The molecule has 3 N–H and O–H groups in total. The minimum Gasteiger partial charge on any atom is -0.508 e. The van der Waals surface area contributed by atoms with Gasteiger partial charge in [-0.05, 0) is 38.0 Å². The van der Waals surface area contributed by atoms with Gasteiger partial charge in [-0.25, -0.2) is 0 Å². The molecule has 2 unspecified atom stereocenters. The number of rotatable bonds is 5. The van der Waals surface area contributed by atoms with Gasteiger partial charge in [-0.3, -0.25) is 20.4 Å². The molecule has 2 rings (SSSR count). The van der Waals surface area contributed by atoms with Crippen molar-refractivity contribution in [2.45, 2.75) is 32.0 Å². The summed E-state index contributed by atoms with van der Waals surface area (Å²) in [7, 11) is 0. The van der Waals surface area contributed by atoms with E-state index in [1.807, 2.05) is 0 Å². The van der Waals surface area contributed by atoms with E-state index in [0.29, 0.717) is 6.61 Å². The lowest BCUT2D eigenvalue weighted by molar-refractivity contribution is -0.134. The van der Waals surface area contributed by atoms with E-state index in [2.05, 4.69) is 10.9 Å². The third-order valence-electron chi connectivity index (χ3n) is 3.33. The number of phenols is 1. The third-order valence-corrected chi connectivity index (χ3v) is 3.33. The van der Waals surface area contributed by atoms with Crippen LogP contribution < -0.4 is 10.9 Å². The number of benzene rings is 1. The van der Waals surface area contributed by atoms with Crippen molar-refractivity contribution < 1.29 is 24.2 Å². The first-order valence-corrected chi connectivity index (χ1v) is 7.18. The Morgan fingerprint density at radius 2 is 2.27 bits per heavy atom. The van der Waals surface area contributed by atoms with E-state index in [1.165, 1.54) is 18.2 Å². The lowest BCUT2D eigenvalue weighted by Gasteiger charge is -2.16. The monoisotopic (exact) mass is 308 g/mol. The highest BCUT2D eigenvalue weighted by Crippen LogP contribution is 2.13. The van der Waals surface area contributed by atoms with Crippen LogP contribution in [0.1, 0.15) is 30.1 Å². The van der Waals surface area contributed by atoms with E-state index in [-0.39, 0.29) is 17.4 Å². The predicted octanol–water partition coefficient (Wildman–Crippen LogP) is 0.737. The van der Waals surface area contributed by atoms with Crippen molar-refractivity contribution in [3.05, 3.63) is 29.8 Å². The van der Waals surface area contributed by atoms with E-state index in [0.717, 1.165) is 19.4 Å². The van der Waals surface area contributed by atoms with Gasteiger partial charge in [0.1, 0.15) is 11.9 Å². The second kappa shape index (κ2) is 7.77. The van der Waals surface area contributed by atoms with Gasteiger partial charge >= 0.3 is 0 Å². The summed E-state index contributed by atoms with van der Waals surface area (Å²) in [6.45, 7) is 2.69. The van der Waals surface area contributed by atoms with Crippen LogP contribution in [0.3, 0.4) is 0 Å². The molecule has 0 spiro atoms. The van der Waals surface area contributed by atoms with Gasteiger partial charge in [0, 0.05) is 12.2 Å². The van der Waals surface area contributed by atoms with Crippen molar-refractivity contribution in [3.8, 4) is 5.75 Å². The molecule has 7 heteroatoms. The van der Waals surface area contributed by atoms with Gasteiger partial charge in [0.2, 0.25) is 0 Å². The standard InChI is InChI=1S/C15H20N2O5/c1-10(22-9-13-6-3-7-21-13)14(19)16-17-15(20)11-4-2-5-12(18)8-11/h2,4-5,8,10,13,18H,3,6-7,9H2,1H3,(H,16,19)(H,17,20). The second-order valence-corrected chi connectivity index (χ2v) is 5.10. The van der Waals surface area contributed by atoms with Crippen molar-refractivity contribution in [2.75, 3.05) is 13.2 Å². The highest BCUT2D eigenvalue weighted by molar-refractivity contribution is 5.96. The molecule has 1 aromatic rings. The summed E-state index contributed by atoms with van der Waals surface area (Å²) in [5.74, 6) is -0.991. The van der Waals surface area contributed by atoms with E-state index < -0.39 is 17.9 Å². The van der Waals surface area contributed by atoms with Gasteiger partial charge in [0.05, 0.1) is 12.7 Å². The Bertz CT molecular complexity index is 528. The van der Waals surface area contributed by atoms with Crippen molar-refractivity contribution in [1.29, 1.82) is 0 Å². The van der Waals surface area contributed by atoms with Gasteiger partial charge in [-0.1, -0.05) is 6.07 Å². The van der Waals surface area contributed by atoms with Gasteiger partial charge in [-0.2, -0.15) is 0 Å². The van der Waals surface area contributed by atoms with Crippen LogP contribution in [0, 0.1) is 0 Å². The first-order valence-electron chi connectivity index (χ1n) is 7.18. The molecule has 0 aromatic heterocycles. The molecule has 1 heterocycles. The fraction of sp³-hybridized carbons (Fsp3) is 0.467. The van der Waals surface area contributed by atoms with Gasteiger partial charge in [0.25, 0.3) is 11.8 Å². The first-order chi connectivity index (χ1) is 10.6. The highest BCUT2D eigenvalue weighted by atomic mass is 16.5. The maximum Gasteiger partial charge on any atom is 0.269 e. The smallest absolute Gasteiger partial charge is 0.269 e. The first kappa shape index (κ1) is 16.3. The summed E-state index contributed by atoms with van der Waals surface area (Å²) in [6.07, 6.45) is 1.28. The minimum absolute atomic E-state index is 0.0211. The van der Waals surface area contributed by atoms with E-state index in [4.69, 9.17) is 9.47 Å². The number of aromatic hydroxyl groups is 1. The fourth-order valence-electron chi connectivity index (χ4n) is 2.04. The summed E-state index contributed by atoms with van der Waals surface area (Å²) < 4.78 is 10.8. The summed E-state index contributed by atoms with van der Waals surface area (Å²) in [5.41, 5.74) is 4.81. The van der Waals surface area contributed by atoms with Crippen molar-refractivity contribution in [2.24, 2.45) is 0 Å². The Hall–Kier alpha value is -2.12. The average Bonchev–Trinajstić information content (AvgIpc) is 3.03. The number of phenolic OH excluding ortho intramolecular Hbond substituents is 1. The second-order valence-electron chi connectivity index (χ2n) is 5.10. The maximum absolute atomic E-state index is 11.8. The molecule has 2 atom stereocenters. The average molecular weight is 308 g/mol. The predicted molar refractivity (Wildman–Crippen MR) is 78.1 cm³/mol. The Balaban J connectivity index is 1.73. The maximum atomic E-state index is 11.8. The number of amides is 2. The molecule has 22 heavy (non-hydrogen) atoms. The van der Waals surface area contributed by atoms with Crippen molar-refractivity contribution in [1.82, 2.24) is 10.9 Å². The van der Waals surface area contributed by atoms with Crippen LogP contribution in [0.25, 0.3) is 0 Å². The number of hydrogen-bond acceptors (Lipinski definition) is 5. The Labute approximate surface area is 128 Å². The number of hydrazine groups is 1. The Kier molecular flexibility index (Phi) is 5.74. The van der Waals surface area contributed by atoms with Crippen LogP contribution in [0.5, 0.6) is 5.75 Å². The molecule has 1 saturated heterocycles. The SMILES string of the molecule is CC(OCC1CCCO1)C(=O)NNC(=O)c1cccc(O)c1. The van der Waals surface area contributed by atoms with E-state index in [9.17, 15) is 14.7 Å². The molecule has 1 aliphatic heterocycles. The summed E-state index contributed by atoms with van der Waals surface area (Å²) in [4.78, 5) is 23.6. The molecule has 0 aliphatic carbocycles. The molecular weight excluding hydrogens is 288 g/mol.